The van der Waals surface area contributed by atoms with Crippen LogP contribution in [0.25, 0.3) is 39.5 Å². The molecule has 1 aliphatic rings. The number of ether oxygens (including phenoxy) is 1. The number of halogens is 1. The number of anilines is 2. The molecule has 5 heterocycles. The molecule has 0 radical (unpaired) electrons. The predicted molar refractivity (Wildman–Crippen MR) is 169 cm³/mol. The summed E-state index contributed by atoms with van der Waals surface area (Å²) in [6.45, 7) is 2.46. The van der Waals surface area contributed by atoms with E-state index in [2.05, 4.69) is 32.3 Å². The SMILES string of the molecule is COc1c(NC2CCN(Cc3ccc(-c4c(-c5cccnc5N)nc5ccc(-c6ccc(F)cn6)nn45)cc3)CC2)c(=O)c1=O. The van der Waals surface area contributed by atoms with Gasteiger partial charge in [-0.1, -0.05) is 24.3 Å². The molecule has 1 fully saturated rings. The Balaban J connectivity index is 1.14. The topological polar surface area (TPSA) is 141 Å². The lowest BCUT2D eigenvalue weighted by Gasteiger charge is -2.33. The van der Waals surface area contributed by atoms with Crippen LogP contribution in [0, 0.1) is 5.82 Å². The van der Waals surface area contributed by atoms with E-state index in [1.807, 2.05) is 36.4 Å². The van der Waals surface area contributed by atoms with Crippen molar-refractivity contribution in [3.63, 3.8) is 0 Å². The summed E-state index contributed by atoms with van der Waals surface area (Å²) in [7, 11) is 1.40. The third-order valence-electron chi connectivity index (χ3n) is 8.20. The minimum atomic E-state index is -0.568. The second kappa shape index (κ2) is 11.5. The molecule has 0 spiro atoms. The number of nitrogens with one attached hydrogen (secondary N) is 1. The normalized spacial score (nSPS) is 14.3. The first-order chi connectivity index (χ1) is 21.9. The monoisotopic (exact) mass is 604 g/mol. The maximum absolute atomic E-state index is 13.5. The summed E-state index contributed by atoms with van der Waals surface area (Å²) >= 11 is 0. The number of likely N-dealkylation sites (tertiary alicyclic amines) is 1. The van der Waals surface area contributed by atoms with E-state index in [1.54, 1.807) is 16.8 Å². The highest BCUT2D eigenvalue weighted by Gasteiger charge is 2.27. The predicted octanol–water partition coefficient (Wildman–Crippen LogP) is 3.92. The average Bonchev–Trinajstić information content (AvgIpc) is 3.44. The van der Waals surface area contributed by atoms with Crippen LogP contribution < -0.4 is 26.6 Å². The van der Waals surface area contributed by atoms with E-state index < -0.39 is 16.7 Å². The minimum absolute atomic E-state index is 0.108. The molecule has 1 aliphatic heterocycles. The van der Waals surface area contributed by atoms with Crippen molar-refractivity contribution >= 4 is 17.2 Å². The van der Waals surface area contributed by atoms with Gasteiger partial charge < -0.3 is 15.8 Å². The number of nitrogens with two attached hydrogens (primary N) is 1. The van der Waals surface area contributed by atoms with Gasteiger partial charge in [0.05, 0.1) is 19.0 Å². The minimum Gasteiger partial charge on any atom is -0.491 e. The Bertz CT molecular complexity index is 2080. The molecule has 226 valence electrons. The summed E-state index contributed by atoms with van der Waals surface area (Å²) in [6, 6.07) is 18.7. The second-order valence-electron chi connectivity index (χ2n) is 11.1. The summed E-state index contributed by atoms with van der Waals surface area (Å²) in [5.41, 5.74) is 11.4. The Morgan fingerprint density at radius 3 is 2.47 bits per heavy atom. The Labute approximate surface area is 256 Å². The largest absolute Gasteiger partial charge is 0.491 e. The van der Waals surface area contributed by atoms with Crippen molar-refractivity contribution in [2.24, 2.45) is 0 Å². The van der Waals surface area contributed by atoms with Crippen LogP contribution in [0.4, 0.5) is 15.9 Å². The molecule has 7 rings (SSSR count). The smallest absolute Gasteiger partial charge is 0.271 e. The number of nitrogen functional groups attached to an aromatic ring is 1. The number of nitrogens with zero attached hydrogens (tertiary/aromatic N) is 6. The summed E-state index contributed by atoms with van der Waals surface area (Å²) in [5, 5.41) is 8.05. The maximum Gasteiger partial charge on any atom is 0.271 e. The lowest BCUT2D eigenvalue weighted by molar-refractivity contribution is 0.211. The number of piperidine rings is 1. The van der Waals surface area contributed by atoms with Gasteiger partial charge in [-0.25, -0.2) is 18.9 Å². The summed E-state index contributed by atoms with van der Waals surface area (Å²) in [4.78, 5) is 39.3. The quantitative estimate of drug-likeness (QED) is 0.246. The molecular weight excluding hydrogens is 575 g/mol. The van der Waals surface area contributed by atoms with Crippen molar-refractivity contribution in [3.05, 3.63) is 105 Å². The van der Waals surface area contributed by atoms with Crippen LogP contribution in [0.1, 0.15) is 18.4 Å². The van der Waals surface area contributed by atoms with Gasteiger partial charge in [-0.2, -0.15) is 5.10 Å². The molecule has 0 atom stereocenters. The molecule has 0 bridgehead atoms. The fraction of sp³-hybridized carbons (Fsp3) is 0.212. The van der Waals surface area contributed by atoms with Crippen molar-refractivity contribution in [2.75, 3.05) is 31.2 Å². The lowest BCUT2D eigenvalue weighted by Crippen LogP contribution is -2.42. The molecule has 1 saturated heterocycles. The highest BCUT2D eigenvalue weighted by Crippen LogP contribution is 2.35. The van der Waals surface area contributed by atoms with Gasteiger partial charge in [0.1, 0.15) is 34.4 Å². The first-order valence-electron chi connectivity index (χ1n) is 14.6. The van der Waals surface area contributed by atoms with Gasteiger partial charge in [0.2, 0.25) is 0 Å². The van der Waals surface area contributed by atoms with Crippen LogP contribution in [0.15, 0.2) is 82.6 Å². The van der Waals surface area contributed by atoms with Gasteiger partial charge in [0.15, 0.2) is 11.4 Å². The molecule has 0 amide bonds. The molecule has 0 unspecified atom stereocenters. The van der Waals surface area contributed by atoms with Crippen molar-refractivity contribution in [1.29, 1.82) is 0 Å². The average molecular weight is 605 g/mol. The van der Waals surface area contributed by atoms with Crippen LogP contribution in [0.2, 0.25) is 0 Å². The molecule has 45 heavy (non-hydrogen) atoms. The van der Waals surface area contributed by atoms with Crippen LogP contribution >= 0.6 is 0 Å². The number of fused-ring (bicyclic) bond motifs is 1. The van der Waals surface area contributed by atoms with Gasteiger partial charge >= 0.3 is 0 Å². The zero-order valence-corrected chi connectivity index (χ0v) is 24.4. The second-order valence-corrected chi connectivity index (χ2v) is 11.1. The lowest BCUT2D eigenvalue weighted by atomic mass is 10.0. The molecule has 12 heteroatoms. The highest BCUT2D eigenvalue weighted by atomic mass is 19.1. The van der Waals surface area contributed by atoms with E-state index in [0.717, 1.165) is 49.3 Å². The number of hydrogen-bond donors (Lipinski definition) is 2. The van der Waals surface area contributed by atoms with E-state index >= 15 is 0 Å². The Hall–Kier alpha value is -5.49. The maximum atomic E-state index is 13.5. The molecule has 4 aromatic heterocycles. The zero-order chi connectivity index (χ0) is 31.1. The molecule has 0 aliphatic carbocycles. The van der Waals surface area contributed by atoms with Gasteiger partial charge in [-0.15, -0.1) is 0 Å². The molecule has 3 N–H and O–H groups in total. The Morgan fingerprint density at radius 2 is 1.76 bits per heavy atom. The van der Waals surface area contributed by atoms with Crippen molar-refractivity contribution in [1.82, 2.24) is 29.5 Å². The third kappa shape index (κ3) is 5.29. The fourth-order valence-corrected chi connectivity index (χ4v) is 5.82. The van der Waals surface area contributed by atoms with E-state index in [9.17, 15) is 14.0 Å². The number of methoxy groups -OCH3 is 1. The number of hydrogen-bond acceptors (Lipinski definition) is 10. The standard InChI is InChI=1S/C33H29FN8O3/c1-45-32-28(30(43)31(32)44)38-22-12-15-41(16-13-22)18-19-4-6-20(7-5-19)29-27(23-3-2-14-36-33(23)35)39-26-11-10-25(40-42(26)29)24-9-8-21(34)17-37-24/h2-11,14,17,22,38H,12-13,15-16,18H2,1H3,(H2,35,36). The summed E-state index contributed by atoms with van der Waals surface area (Å²) in [6.07, 6.45) is 4.49. The first kappa shape index (κ1) is 28.3. The molecule has 0 saturated carbocycles. The van der Waals surface area contributed by atoms with Gasteiger partial charge in [-0.05, 0) is 54.8 Å². The van der Waals surface area contributed by atoms with E-state index in [-0.39, 0.29) is 11.8 Å². The Kier molecular flexibility index (Phi) is 7.26. The van der Waals surface area contributed by atoms with Crippen molar-refractivity contribution in [2.45, 2.75) is 25.4 Å². The van der Waals surface area contributed by atoms with Crippen molar-refractivity contribution in [3.8, 4) is 39.7 Å². The van der Waals surface area contributed by atoms with E-state index in [4.69, 9.17) is 20.6 Å². The molecule has 11 nitrogen and oxygen atoms in total. The summed E-state index contributed by atoms with van der Waals surface area (Å²) in [5.74, 6) is 0.0706. The van der Waals surface area contributed by atoms with Crippen LogP contribution in [0.5, 0.6) is 5.75 Å². The van der Waals surface area contributed by atoms with Crippen LogP contribution in [-0.2, 0) is 6.54 Å². The first-order valence-corrected chi connectivity index (χ1v) is 14.6. The van der Waals surface area contributed by atoms with Crippen molar-refractivity contribution < 1.29 is 9.13 Å². The number of imidazole rings is 1. The number of aromatic nitrogens is 5. The molecule has 6 aromatic rings. The number of pyridine rings is 2. The molecule has 2 aromatic carbocycles. The summed E-state index contributed by atoms with van der Waals surface area (Å²) < 4.78 is 20.3. The molecular formula is C33H29FN8O3. The van der Waals surface area contributed by atoms with E-state index in [1.165, 1.54) is 19.4 Å². The number of rotatable bonds is 8. The zero-order valence-electron chi connectivity index (χ0n) is 24.4. The van der Waals surface area contributed by atoms with E-state index in [0.29, 0.717) is 39.8 Å². The fourth-order valence-electron chi connectivity index (χ4n) is 5.82. The number of benzene rings is 1. The van der Waals surface area contributed by atoms with Gasteiger partial charge in [0.25, 0.3) is 10.9 Å². The van der Waals surface area contributed by atoms with Gasteiger partial charge in [-0.3, -0.25) is 19.5 Å². The van der Waals surface area contributed by atoms with Crippen LogP contribution in [0.3, 0.4) is 0 Å². The third-order valence-corrected chi connectivity index (χ3v) is 8.20. The van der Waals surface area contributed by atoms with Crippen LogP contribution in [-0.4, -0.2) is 55.7 Å². The highest BCUT2D eigenvalue weighted by molar-refractivity contribution is 5.86. The van der Waals surface area contributed by atoms with Gasteiger partial charge in [0, 0.05) is 43.0 Å². The Morgan fingerprint density at radius 1 is 0.978 bits per heavy atom.